The van der Waals surface area contributed by atoms with Crippen LogP contribution in [0.5, 0.6) is 0 Å². The van der Waals surface area contributed by atoms with Crippen LogP contribution in [0.3, 0.4) is 0 Å². The highest BCUT2D eigenvalue weighted by Crippen LogP contribution is 2.38. The van der Waals surface area contributed by atoms with Gasteiger partial charge < -0.3 is 0 Å². The highest BCUT2D eigenvalue weighted by Gasteiger charge is 2.28. The summed E-state index contributed by atoms with van der Waals surface area (Å²) >= 11 is 0. The first-order valence-electron chi connectivity index (χ1n) is 17.8. The Bertz CT molecular complexity index is 2920. The van der Waals surface area contributed by atoms with Gasteiger partial charge in [0, 0.05) is 44.3 Å². The van der Waals surface area contributed by atoms with Crippen molar-refractivity contribution >= 4 is 55.5 Å². The van der Waals surface area contributed by atoms with Crippen LogP contribution in [0.25, 0.3) is 89.5 Å². The van der Waals surface area contributed by atoms with Gasteiger partial charge in [0.1, 0.15) is 0 Å². The van der Waals surface area contributed by atoms with Crippen molar-refractivity contribution in [3.8, 4) is 45.4 Å². The standard InChI is InChI=1S/C48H30N6/c49-43-39(28-40-42(44(43)50)38-16-8-9-17-41(38)51-45(40)32-12-2-1-3-13-32)31-20-22-33(23-21-31)46-52-47(36-24-18-29-10-4-6-14-34(29)26-36)54-48(53-46)37-25-19-30-11-5-7-15-35(30)27-37/h1-28,49-50H. The number of nitrogens with zero attached hydrogens (tertiary/aromatic N) is 4. The fourth-order valence-electron chi connectivity index (χ4n) is 7.38. The summed E-state index contributed by atoms with van der Waals surface area (Å²) in [6.45, 7) is 0. The molecule has 9 aromatic rings. The van der Waals surface area contributed by atoms with Gasteiger partial charge in [-0.2, -0.15) is 0 Å². The summed E-state index contributed by atoms with van der Waals surface area (Å²) in [6.07, 6.45) is 2.02. The predicted octanol–water partition coefficient (Wildman–Crippen LogP) is 11.3. The second kappa shape index (κ2) is 12.7. The number of hydrogen-bond acceptors (Lipinski definition) is 6. The molecule has 0 atom stereocenters. The molecule has 0 fully saturated rings. The van der Waals surface area contributed by atoms with Crippen LogP contribution >= 0.6 is 0 Å². The van der Waals surface area contributed by atoms with E-state index >= 15 is 0 Å². The van der Waals surface area contributed by atoms with Crippen LogP contribution in [-0.2, 0) is 0 Å². The minimum atomic E-state index is 0.169. The summed E-state index contributed by atoms with van der Waals surface area (Å²) in [7, 11) is 0. The molecule has 0 aliphatic heterocycles. The first kappa shape index (κ1) is 31.3. The smallest absolute Gasteiger partial charge is 0.164 e. The van der Waals surface area contributed by atoms with Gasteiger partial charge in [0.15, 0.2) is 17.5 Å². The molecule has 0 unspecified atom stereocenters. The molecule has 2 N–H and O–H groups in total. The van der Waals surface area contributed by atoms with Gasteiger partial charge in [-0.1, -0.05) is 146 Å². The summed E-state index contributed by atoms with van der Waals surface area (Å²) in [5.41, 5.74) is 8.61. The zero-order valence-corrected chi connectivity index (χ0v) is 29.0. The van der Waals surface area contributed by atoms with E-state index < -0.39 is 0 Å². The Balaban J connectivity index is 1.10. The number of para-hydroxylation sites is 1. The Morgan fingerprint density at radius 2 is 0.870 bits per heavy atom. The van der Waals surface area contributed by atoms with Crippen LogP contribution in [0.2, 0.25) is 0 Å². The number of pyridine rings is 1. The fourth-order valence-corrected chi connectivity index (χ4v) is 7.38. The van der Waals surface area contributed by atoms with Gasteiger partial charge in [0.2, 0.25) is 0 Å². The molecule has 6 nitrogen and oxygen atoms in total. The maximum absolute atomic E-state index is 9.27. The summed E-state index contributed by atoms with van der Waals surface area (Å²) in [5.74, 6) is 1.73. The second-order valence-electron chi connectivity index (χ2n) is 13.4. The molecule has 1 aliphatic rings. The van der Waals surface area contributed by atoms with E-state index in [1.165, 1.54) is 0 Å². The summed E-state index contributed by atoms with van der Waals surface area (Å²) in [6, 6.07) is 55.0. The predicted molar refractivity (Wildman–Crippen MR) is 221 cm³/mol. The third-order valence-corrected chi connectivity index (χ3v) is 10.1. The van der Waals surface area contributed by atoms with E-state index in [0.29, 0.717) is 23.0 Å². The van der Waals surface area contributed by atoms with Gasteiger partial charge in [0.25, 0.3) is 0 Å². The lowest BCUT2D eigenvalue weighted by atomic mass is 9.82. The van der Waals surface area contributed by atoms with Crippen LogP contribution in [0.15, 0.2) is 164 Å². The Hall–Kier alpha value is -7.44. The summed E-state index contributed by atoms with van der Waals surface area (Å²) in [4.78, 5) is 20.1. The maximum atomic E-state index is 9.27. The monoisotopic (exact) mass is 690 g/mol. The van der Waals surface area contributed by atoms with Crippen molar-refractivity contribution in [2.75, 3.05) is 0 Å². The fraction of sp³-hybridized carbons (Fsp3) is 0. The zero-order chi connectivity index (χ0) is 36.2. The van der Waals surface area contributed by atoms with E-state index in [2.05, 4.69) is 60.7 Å². The highest BCUT2D eigenvalue weighted by molar-refractivity contribution is 6.64. The molecule has 7 aromatic carbocycles. The van der Waals surface area contributed by atoms with Crippen molar-refractivity contribution in [1.82, 2.24) is 19.9 Å². The zero-order valence-electron chi connectivity index (χ0n) is 29.0. The molecule has 6 heteroatoms. The lowest BCUT2D eigenvalue weighted by Gasteiger charge is -2.23. The van der Waals surface area contributed by atoms with Gasteiger partial charge in [-0.3, -0.25) is 10.8 Å². The first-order chi connectivity index (χ1) is 26.6. The largest absolute Gasteiger partial charge is 0.298 e. The van der Waals surface area contributed by atoms with Crippen molar-refractivity contribution in [3.05, 3.63) is 180 Å². The number of nitrogens with one attached hydrogen (secondary N) is 2. The minimum absolute atomic E-state index is 0.169. The highest BCUT2D eigenvalue weighted by atomic mass is 15.0. The average Bonchev–Trinajstić information content (AvgIpc) is 3.24. The number of rotatable bonds is 5. The molecule has 2 heterocycles. The lowest BCUT2D eigenvalue weighted by Crippen LogP contribution is -2.21. The molecule has 0 radical (unpaired) electrons. The third-order valence-electron chi connectivity index (χ3n) is 10.1. The van der Waals surface area contributed by atoms with Crippen LogP contribution in [0, 0.1) is 10.8 Å². The van der Waals surface area contributed by atoms with Gasteiger partial charge in [-0.25, -0.2) is 19.9 Å². The van der Waals surface area contributed by atoms with E-state index in [-0.39, 0.29) is 11.4 Å². The molecule has 2 aromatic heterocycles. The lowest BCUT2D eigenvalue weighted by molar-refractivity contribution is 1.07. The third kappa shape index (κ3) is 5.36. The molecule has 0 amide bonds. The molecule has 1 aliphatic carbocycles. The maximum Gasteiger partial charge on any atom is 0.164 e. The van der Waals surface area contributed by atoms with Crippen molar-refractivity contribution in [2.24, 2.45) is 0 Å². The molecule has 0 spiro atoms. The van der Waals surface area contributed by atoms with Crippen LogP contribution in [-0.4, -0.2) is 31.4 Å². The Morgan fingerprint density at radius 1 is 0.370 bits per heavy atom. The van der Waals surface area contributed by atoms with E-state index in [9.17, 15) is 10.8 Å². The molecular weight excluding hydrogens is 661 g/mol. The molecule has 54 heavy (non-hydrogen) atoms. The van der Waals surface area contributed by atoms with Crippen molar-refractivity contribution in [2.45, 2.75) is 0 Å². The number of hydrogen-bond donors (Lipinski definition) is 2. The van der Waals surface area contributed by atoms with E-state index in [4.69, 9.17) is 19.9 Å². The molecule has 10 rings (SSSR count). The normalized spacial score (nSPS) is 12.6. The number of allylic oxidation sites excluding steroid dienone is 1. The first-order valence-corrected chi connectivity index (χ1v) is 17.8. The number of fused-ring (bicyclic) bond motifs is 5. The summed E-state index contributed by atoms with van der Waals surface area (Å²) < 4.78 is 0. The van der Waals surface area contributed by atoms with Gasteiger partial charge in [0.05, 0.1) is 22.6 Å². The molecule has 0 saturated carbocycles. The van der Waals surface area contributed by atoms with Crippen LogP contribution in [0.4, 0.5) is 0 Å². The Morgan fingerprint density at radius 3 is 1.50 bits per heavy atom. The van der Waals surface area contributed by atoms with Crippen molar-refractivity contribution < 1.29 is 0 Å². The minimum Gasteiger partial charge on any atom is -0.298 e. The Labute approximate surface area is 311 Å². The topological polar surface area (TPSA) is 99.3 Å². The van der Waals surface area contributed by atoms with Crippen molar-refractivity contribution in [3.63, 3.8) is 0 Å². The van der Waals surface area contributed by atoms with E-state index in [0.717, 1.165) is 77.1 Å². The quantitative estimate of drug-likeness (QED) is 0.188. The Kier molecular flexibility index (Phi) is 7.34. The van der Waals surface area contributed by atoms with Crippen LogP contribution in [0.1, 0.15) is 16.7 Å². The van der Waals surface area contributed by atoms with Crippen LogP contribution < -0.4 is 0 Å². The molecular formula is C48H30N6. The van der Waals surface area contributed by atoms with Gasteiger partial charge in [-0.15, -0.1) is 0 Å². The van der Waals surface area contributed by atoms with E-state index in [1.807, 2.05) is 109 Å². The van der Waals surface area contributed by atoms with Crippen molar-refractivity contribution in [1.29, 1.82) is 10.8 Å². The number of aromatic nitrogens is 4. The van der Waals surface area contributed by atoms with Gasteiger partial charge in [-0.05, 0) is 51.4 Å². The van der Waals surface area contributed by atoms with E-state index in [1.54, 1.807) is 0 Å². The SMILES string of the molecule is N=C1C(=N)c2c(c(-c3ccccc3)nc3ccccc23)C=C1c1ccc(-c2nc(-c3ccc4ccccc4c3)nc(-c3ccc4ccccc4c3)n2)cc1. The molecule has 0 saturated heterocycles. The number of benzene rings is 7. The molecule has 0 bridgehead atoms. The average molecular weight is 691 g/mol. The molecule has 252 valence electrons. The summed E-state index contributed by atoms with van der Waals surface area (Å²) in [5, 5.41) is 23.9. The second-order valence-corrected chi connectivity index (χ2v) is 13.4. The van der Waals surface area contributed by atoms with Gasteiger partial charge >= 0.3 is 0 Å².